The molecule has 0 atom stereocenters. The summed E-state index contributed by atoms with van der Waals surface area (Å²) < 4.78 is 11.0. The minimum Gasteiger partial charge on any atom is -0.490 e. The van der Waals surface area contributed by atoms with Gasteiger partial charge in [0.2, 0.25) is 0 Å². The number of carbonyl (C=O) groups is 1. The number of nitrogens with two attached hydrogens (primary N) is 1. The molecule has 0 heterocycles. The van der Waals surface area contributed by atoms with Crippen LogP contribution in [0.5, 0.6) is 11.5 Å². The number of amidine groups is 1. The summed E-state index contributed by atoms with van der Waals surface area (Å²) in [5.41, 5.74) is 7.92. The number of hydrogen-bond acceptors (Lipinski definition) is 5. The Hall–Kier alpha value is -3.02. The van der Waals surface area contributed by atoms with Crippen LogP contribution in [-0.2, 0) is 4.84 Å². The molecule has 6 heteroatoms. The first-order valence-corrected chi connectivity index (χ1v) is 8.06. The van der Waals surface area contributed by atoms with Crippen LogP contribution in [0.3, 0.4) is 0 Å². The Balaban J connectivity index is 2.13. The zero-order valence-corrected chi connectivity index (χ0v) is 14.6. The molecular weight excluding hydrogens is 320 g/mol. The van der Waals surface area contributed by atoms with Gasteiger partial charge in [-0.15, -0.1) is 0 Å². The predicted octanol–water partition coefficient (Wildman–Crippen LogP) is 3.27. The molecule has 132 valence electrons. The lowest BCUT2D eigenvalue weighted by molar-refractivity contribution is 0.0515. The van der Waals surface area contributed by atoms with E-state index in [4.69, 9.17) is 20.0 Å². The molecule has 0 aromatic heterocycles. The number of aryl methyl sites for hydroxylation is 1. The fraction of sp³-hybridized carbons (Fsp3) is 0.263. The third-order valence-electron chi connectivity index (χ3n) is 3.35. The lowest BCUT2D eigenvalue weighted by atomic mass is 10.1. The van der Waals surface area contributed by atoms with Gasteiger partial charge in [0.15, 0.2) is 17.3 Å². The summed E-state index contributed by atoms with van der Waals surface area (Å²) in [7, 11) is 0. The smallest absolute Gasteiger partial charge is 0.365 e. The average molecular weight is 342 g/mol. The normalized spacial score (nSPS) is 11.1. The number of nitrogens with zero attached hydrogens (tertiary/aromatic N) is 1. The van der Waals surface area contributed by atoms with Crippen molar-refractivity contribution >= 4 is 11.8 Å². The van der Waals surface area contributed by atoms with Crippen LogP contribution < -0.4 is 15.2 Å². The van der Waals surface area contributed by atoms with Gasteiger partial charge in [0, 0.05) is 5.56 Å². The summed E-state index contributed by atoms with van der Waals surface area (Å²) in [6.45, 7) is 6.66. The second-order valence-electron chi connectivity index (χ2n) is 5.25. The van der Waals surface area contributed by atoms with Gasteiger partial charge in [0.25, 0.3) is 0 Å². The Labute approximate surface area is 147 Å². The minimum absolute atomic E-state index is 0.129. The van der Waals surface area contributed by atoms with Crippen LogP contribution in [0.2, 0.25) is 0 Å². The molecule has 0 saturated heterocycles. The van der Waals surface area contributed by atoms with E-state index in [2.05, 4.69) is 5.16 Å². The number of oxime groups is 1. The highest BCUT2D eigenvalue weighted by Gasteiger charge is 2.13. The van der Waals surface area contributed by atoms with E-state index < -0.39 is 5.97 Å². The van der Waals surface area contributed by atoms with Gasteiger partial charge in [0.05, 0.1) is 18.8 Å². The third kappa shape index (κ3) is 4.97. The van der Waals surface area contributed by atoms with E-state index >= 15 is 0 Å². The predicted molar refractivity (Wildman–Crippen MR) is 96.1 cm³/mol. The van der Waals surface area contributed by atoms with Crippen molar-refractivity contribution in [2.45, 2.75) is 20.8 Å². The van der Waals surface area contributed by atoms with E-state index in [1.807, 2.05) is 45.0 Å². The fourth-order valence-electron chi connectivity index (χ4n) is 2.10. The van der Waals surface area contributed by atoms with Crippen LogP contribution in [0.1, 0.15) is 35.3 Å². The highest BCUT2D eigenvalue weighted by molar-refractivity contribution is 5.98. The molecule has 0 aliphatic carbocycles. The highest BCUT2D eigenvalue weighted by Crippen LogP contribution is 2.28. The van der Waals surface area contributed by atoms with Gasteiger partial charge >= 0.3 is 5.97 Å². The first-order chi connectivity index (χ1) is 12.0. The molecule has 0 unspecified atom stereocenters. The lowest BCUT2D eigenvalue weighted by Crippen LogP contribution is -2.15. The van der Waals surface area contributed by atoms with E-state index in [-0.39, 0.29) is 5.84 Å². The molecule has 2 aromatic carbocycles. The summed E-state index contributed by atoms with van der Waals surface area (Å²) in [6, 6.07) is 12.2. The van der Waals surface area contributed by atoms with Crippen molar-refractivity contribution in [3.63, 3.8) is 0 Å². The van der Waals surface area contributed by atoms with Gasteiger partial charge in [-0.1, -0.05) is 35.0 Å². The van der Waals surface area contributed by atoms with Gasteiger partial charge in [-0.05, 0) is 39.0 Å². The van der Waals surface area contributed by atoms with Crippen molar-refractivity contribution in [1.29, 1.82) is 0 Å². The highest BCUT2D eigenvalue weighted by atomic mass is 16.7. The lowest BCUT2D eigenvalue weighted by Gasteiger charge is -2.11. The Morgan fingerprint density at radius 3 is 2.20 bits per heavy atom. The van der Waals surface area contributed by atoms with Crippen molar-refractivity contribution in [1.82, 2.24) is 0 Å². The molecule has 6 nitrogen and oxygen atoms in total. The molecule has 0 radical (unpaired) electrons. The van der Waals surface area contributed by atoms with Crippen LogP contribution in [0.15, 0.2) is 47.6 Å². The van der Waals surface area contributed by atoms with E-state index in [9.17, 15) is 4.79 Å². The van der Waals surface area contributed by atoms with Crippen molar-refractivity contribution in [3.8, 4) is 11.5 Å². The minimum atomic E-state index is -0.626. The zero-order valence-electron chi connectivity index (χ0n) is 14.6. The fourth-order valence-corrected chi connectivity index (χ4v) is 2.10. The number of ether oxygens (including phenoxy) is 2. The number of benzene rings is 2. The van der Waals surface area contributed by atoms with E-state index in [1.165, 1.54) is 0 Å². The molecule has 0 amide bonds. The summed E-state index contributed by atoms with van der Waals surface area (Å²) in [5, 5.41) is 3.71. The SMILES string of the molecule is CCOc1ccc(C(=O)O/N=C(/N)c2ccc(C)cc2)cc1OCC. The maximum atomic E-state index is 12.2. The molecule has 0 spiro atoms. The number of carbonyl (C=O) groups excluding carboxylic acids is 1. The number of hydrogen-bond donors (Lipinski definition) is 1. The second kappa shape index (κ2) is 8.73. The summed E-state index contributed by atoms with van der Waals surface area (Å²) in [4.78, 5) is 17.1. The molecule has 2 N–H and O–H groups in total. The van der Waals surface area contributed by atoms with Crippen molar-refractivity contribution in [3.05, 3.63) is 59.2 Å². The van der Waals surface area contributed by atoms with Crippen LogP contribution >= 0.6 is 0 Å². The molecule has 2 rings (SSSR count). The van der Waals surface area contributed by atoms with Crippen LogP contribution in [0.4, 0.5) is 0 Å². The van der Waals surface area contributed by atoms with Gasteiger partial charge in [-0.3, -0.25) is 0 Å². The Morgan fingerprint density at radius 2 is 1.56 bits per heavy atom. The average Bonchev–Trinajstić information content (AvgIpc) is 2.62. The molecule has 0 fully saturated rings. The first kappa shape index (κ1) is 18.3. The van der Waals surface area contributed by atoms with Gasteiger partial charge in [-0.25, -0.2) is 4.79 Å². The number of rotatable bonds is 7. The molecule has 0 bridgehead atoms. The molecule has 0 aliphatic rings. The summed E-state index contributed by atoms with van der Waals surface area (Å²) in [5.74, 6) is 0.557. The van der Waals surface area contributed by atoms with E-state index in [0.717, 1.165) is 5.56 Å². The summed E-state index contributed by atoms with van der Waals surface area (Å²) in [6.07, 6.45) is 0. The van der Waals surface area contributed by atoms with Gasteiger partial charge in [0.1, 0.15) is 0 Å². The van der Waals surface area contributed by atoms with Crippen molar-refractivity contribution in [2.24, 2.45) is 10.9 Å². The first-order valence-electron chi connectivity index (χ1n) is 8.06. The quantitative estimate of drug-likeness (QED) is 0.361. The largest absolute Gasteiger partial charge is 0.490 e. The standard InChI is InChI=1S/C19H22N2O4/c1-4-23-16-11-10-15(12-17(16)24-5-2)19(22)25-21-18(20)14-8-6-13(3)7-9-14/h6-12H,4-5H2,1-3H3,(H2,20,21). The monoisotopic (exact) mass is 342 g/mol. The maximum Gasteiger partial charge on any atom is 0.365 e. The van der Waals surface area contributed by atoms with Crippen LogP contribution in [-0.4, -0.2) is 25.0 Å². The van der Waals surface area contributed by atoms with Crippen molar-refractivity contribution in [2.75, 3.05) is 13.2 Å². The Bertz CT molecular complexity index is 755. The maximum absolute atomic E-state index is 12.2. The molecular formula is C19H22N2O4. The molecule has 0 saturated carbocycles. The molecule has 0 aliphatic heterocycles. The van der Waals surface area contributed by atoms with Gasteiger partial charge in [-0.2, -0.15) is 0 Å². The van der Waals surface area contributed by atoms with Crippen LogP contribution in [0, 0.1) is 6.92 Å². The van der Waals surface area contributed by atoms with Crippen molar-refractivity contribution < 1.29 is 19.1 Å². The molecule has 25 heavy (non-hydrogen) atoms. The van der Waals surface area contributed by atoms with Crippen LogP contribution in [0.25, 0.3) is 0 Å². The van der Waals surface area contributed by atoms with E-state index in [1.54, 1.807) is 18.2 Å². The van der Waals surface area contributed by atoms with Gasteiger partial charge < -0.3 is 20.0 Å². The topological polar surface area (TPSA) is 83.1 Å². The summed E-state index contributed by atoms with van der Waals surface area (Å²) >= 11 is 0. The molecule has 2 aromatic rings. The Morgan fingerprint density at radius 1 is 0.960 bits per heavy atom. The Kier molecular flexibility index (Phi) is 6.39. The zero-order chi connectivity index (χ0) is 18.2. The van der Waals surface area contributed by atoms with E-state index in [0.29, 0.717) is 35.8 Å². The second-order valence-corrected chi connectivity index (χ2v) is 5.25. The third-order valence-corrected chi connectivity index (χ3v) is 3.35.